The molecule has 2 aromatic heterocycles. The lowest BCUT2D eigenvalue weighted by Crippen LogP contribution is -2.23. The van der Waals surface area contributed by atoms with E-state index in [1.54, 1.807) is 0 Å². The number of fused-ring (bicyclic) bond motifs is 4. The Morgan fingerprint density at radius 3 is 2.45 bits per heavy atom. The van der Waals surface area contributed by atoms with Gasteiger partial charge in [-0.1, -0.05) is 54.6 Å². The van der Waals surface area contributed by atoms with Gasteiger partial charge in [0.1, 0.15) is 22.2 Å². The third-order valence-electron chi connectivity index (χ3n) is 5.97. The summed E-state index contributed by atoms with van der Waals surface area (Å²) in [5.74, 6) is -0.0134. The number of aliphatic hydroxyl groups is 1. The zero-order valence-corrected chi connectivity index (χ0v) is 18.1. The van der Waals surface area contributed by atoms with Crippen molar-refractivity contribution in [2.75, 3.05) is 0 Å². The molecule has 0 fully saturated rings. The first-order chi connectivity index (χ1) is 16.1. The average molecular weight is 453 g/mol. The van der Waals surface area contributed by atoms with E-state index >= 15 is 0 Å². The fourth-order valence-electron chi connectivity index (χ4n) is 4.41. The van der Waals surface area contributed by atoms with Gasteiger partial charge in [0.25, 0.3) is 5.56 Å². The molecule has 3 heterocycles. The standard InChI is InChI=1S/C27H17FN2O2S/c28-19-12-10-17(11-13-19)24(31)22-20-9-5-4-8-18(20)14-30-25(22)29-26(32)23-21(15-33-27(23)30)16-6-2-1-3-7-16/h1-13,15,31H,14H2. The molecule has 0 saturated carbocycles. The Kier molecular flexibility index (Phi) is 4.48. The van der Waals surface area contributed by atoms with Crippen molar-refractivity contribution in [2.45, 2.75) is 6.54 Å². The molecule has 1 N–H and O–H groups in total. The lowest BCUT2D eigenvalue weighted by molar-refractivity contribution is 0.512. The second-order valence-electron chi connectivity index (χ2n) is 7.91. The van der Waals surface area contributed by atoms with Crippen molar-refractivity contribution in [3.8, 4) is 11.1 Å². The van der Waals surface area contributed by atoms with Gasteiger partial charge in [-0.3, -0.25) is 4.79 Å². The maximum atomic E-state index is 13.5. The SMILES string of the molecule is O=c1nc2n(c3scc(-c4ccccc4)c13)Cc1ccccc1C2=C(O)c1ccc(F)cc1. The van der Waals surface area contributed by atoms with Crippen molar-refractivity contribution in [1.29, 1.82) is 0 Å². The minimum atomic E-state index is -0.385. The van der Waals surface area contributed by atoms with E-state index in [1.165, 1.54) is 35.6 Å². The molecule has 0 amide bonds. The molecule has 1 aliphatic heterocycles. The van der Waals surface area contributed by atoms with Gasteiger partial charge < -0.3 is 9.67 Å². The van der Waals surface area contributed by atoms with Crippen LogP contribution in [0.1, 0.15) is 22.5 Å². The van der Waals surface area contributed by atoms with Crippen LogP contribution < -0.4 is 5.56 Å². The number of halogens is 1. The Hall–Kier alpha value is -4.03. The Labute approximate surface area is 192 Å². The minimum absolute atomic E-state index is 0.0398. The summed E-state index contributed by atoms with van der Waals surface area (Å²) in [5, 5.41) is 13.8. The molecule has 0 unspecified atom stereocenters. The first-order valence-electron chi connectivity index (χ1n) is 10.5. The molecule has 4 nitrogen and oxygen atoms in total. The Morgan fingerprint density at radius 2 is 1.67 bits per heavy atom. The summed E-state index contributed by atoms with van der Waals surface area (Å²) in [5.41, 5.74) is 4.23. The molecular weight excluding hydrogens is 435 g/mol. The van der Waals surface area contributed by atoms with Gasteiger partial charge in [0.15, 0.2) is 0 Å². The van der Waals surface area contributed by atoms with E-state index in [1.807, 2.05) is 64.5 Å². The molecule has 5 aromatic rings. The molecule has 33 heavy (non-hydrogen) atoms. The molecule has 6 heteroatoms. The van der Waals surface area contributed by atoms with E-state index in [4.69, 9.17) is 0 Å². The van der Waals surface area contributed by atoms with Crippen molar-refractivity contribution in [1.82, 2.24) is 9.55 Å². The predicted molar refractivity (Wildman–Crippen MR) is 130 cm³/mol. The van der Waals surface area contributed by atoms with E-state index in [9.17, 15) is 14.3 Å². The van der Waals surface area contributed by atoms with Gasteiger partial charge >= 0.3 is 0 Å². The zero-order chi connectivity index (χ0) is 22.5. The Balaban J connectivity index is 1.67. The topological polar surface area (TPSA) is 55.1 Å². The van der Waals surface area contributed by atoms with Crippen LogP contribution in [0.5, 0.6) is 0 Å². The second kappa shape index (κ2) is 7.53. The number of hydrogen-bond acceptors (Lipinski definition) is 4. The van der Waals surface area contributed by atoms with Gasteiger partial charge in [0, 0.05) is 16.5 Å². The largest absolute Gasteiger partial charge is 0.507 e. The summed E-state index contributed by atoms with van der Waals surface area (Å²) in [7, 11) is 0. The number of thiophene rings is 1. The van der Waals surface area contributed by atoms with Gasteiger partial charge in [-0.15, -0.1) is 11.3 Å². The van der Waals surface area contributed by atoms with Gasteiger partial charge in [0.2, 0.25) is 0 Å². The van der Waals surface area contributed by atoms with Crippen LogP contribution in [0.15, 0.2) is 89.0 Å². The van der Waals surface area contributed by atoms with Gasteiger partial charge in [-0.25, -0.2) is 4.39 Å². The maximum absolute atomic E-state index is 13.5. The highest BCUT2D eigenvalue weighted by molar-refractivity contribution is 7.17. The van der Waals surface area contributed by atoms with Crippen molar-refractivity contribution >= 4 is 32.9 Å². The molecule has 6 rings (SSSR count). The number of nitrogens with zero attached hydrogens (tertiary/aromatic N) is 2. The van der Waals surface area contributed by atoms with E-state index in [-0.39, 0.29) is 17.1 Å². The average Bonchev–Trinajstić information content (AvgIpc) is 3.30. The molecule has 0 spiro atoms. The van der Waals surface area contributed by atoms with Gasteiger partial charge in [0.05, 0.1) is 17.5 Å². The van der Waals surface area contributed by atoms with E-state index in [0.717, 1.165) is 27.1 Å². The molecule has 160 valence electrons. The van der Waals surface area contributed by atoms with Crippen LogP contribution in [-0.4, -0.2) is 14.7 Å². The minimum Gasteiger partial charge on any atom is -0.507 e. The fourth-order valence-corrected chi connectivity index (χ4v) is 5.48. The first-order valence-corrected chi connectivity index (χ1v) is 11.3. The number of aromatic nitrogens is 2. The van der Waals surface area contributed by atoms with Gasteiger partial charge in [-0.05, 0) is 41.0 Å². The molecule has 0 bridgehead atoms. The van der Waals surface area contributed by atoms with Crippen LogP contribution in [0, 0.1) is 5.82 Å². The smallest absolute Gasteiger partial charge is 0.282 e. The quantitative estimate of drug-likeness (QED) is 0.323. The summed E-state index contributed by atoms with van der Waals surface area (Å²) in [6.45, 7) is 0.532. The first kappa shape index (κ1) is 19.6. The second-order valence-corrected chi connectivity index (χ2v) is 8.77. The Morgan fingerprint density at radius 1 is 0.939 bits per heavy atom. The molecule has 0 atom stereocenters. The van der Waals surface area contributed by atoms with Crippen LogP contribution >= 0.6 is 11.3 Å². The highest BCUT2D eigenvalue weighted by Crippen LogP contribution is 2.39. The lowest BCUT2D eigenvalue weighted by atomic mass is 9.92. The highest BCUT2D eigenvalue weighted by Gasteiger charge is 2.28. The molecule has 3 aromatic carbocycles. The predicted octanol–water partition coefficient (Wildman–Crippen LogP) is 6.10. The third kappa shape index (κ3) is 3.10. The number of benzene rings is 3. The summed E-state index contributed by atoms with van der Waals surface area (Å²) in [4.78, 5) is 18.6. The monoisotopic (exact) mass is 452 g/mol. The van der Waals surface area contributed by atoms with E-state index in [0.29, 0.717) is 28.9 Å². The molecule has 1 aliphatic rings. The summed E-state index contributed by atoms with van der Waals surface area (Å²) < 4.78 is 15.5. The zero-order valence-electron chi connectivity index (χ0n) is 17.3. The number of hydrogen-bond donors (Lipinski definition) is 1. The van der Waals surface area contributed by atoms with Crippen molar-refractivity contribution < 1.29 is 9.50 Å². The molecule has 0 aliphatic carbocycles. The summed E-state index contributed by atoms with van der Waals surface area (Å²) in [6, 6.07) is 23.2. The number of rotatable bonds is 2. The lowest BCUT2D eigenvalue weighted by Gasteiger charge is -2.25. The van der Waals surface area contributed by atoms with Crippen LogP contribution in [-0.2, 0) is 6.54 Å². The van der Waals surface area contributed by atoms with Crippen molar-refractivity contribution in [3.63, 3.8) is 0 Å². The van der Waals surface area contributed by atoms with Crippen molar-refractivity contribution in [3.05, 3.63) is 123 Å². The van der Waals surface area contributed by atoms with Gasteiger partial charge in [-0.2, -0.15) is 4.98 Å². The molecule has 0 saturated heterocycles. The van der Waals surface area contributed by atoms with E-state index < -0.39 is 0 Å². The molecule has 0 radical (unpaired) electrons. The third-order valence-corrected chi connectivity index (χ3v) is 6.97. The van der Waals surface area contributed by atoms with Crippen LogP contribution in [0.2, 0.25) is 0 Å². The fraction of sp³-hybridized carbons (Fsp3) is 0.0370. The Bertz CT molecular complexity index is 1620. The number of aliphatic hydroxyl groups excluding tert-OH is 1. The normalized spacial score (nSPS) is 14.1. The molecular formula is C27H17FN2O2S. The van der Waals surface area contributed by atoms with Crippen LogP contribution in [0.25, 0.3) is 32.7 Å². The summed E-state index contributed by atoms with van der Waals surface area (Å²) >= 11 is 1.49. The summed E-state index contributed by atoms with van der Waals surface area (Å²) in [6.07, 6.45) is 0. The van der Waals surface area contributed by atoms with Crippen LogP contribution in [0.3, 0.4) is 0 Å². The van der Waals surface area contributed by atoms with Crippen molar-refractivity contribution in [2.24, 2.45) is 0 Å². The van der Waals surface area contributed by atoms with E-state index in [2.05, 4.69) is 4.98 Å². The van der Waals surface area contributed by atoms with Crippen LogP contribution in [0.4, 0.5) is 4.39 Å². The highest BCUT2D eigenvalue weighted by atomic mass is 32.1. The maximum Gasteiger partial charge on any atom is 0.282 e.